The second-order valence-corrected chi connectivity index (χ2v) is 8.64. The topological polar surface area (TPSA) is 113 Å². The molecule has 3 fully saturated rings. The molecule has 0 bridgehead atoms. The highest BCUT2D eigenvalue weighted by Gasteiger charge is 2.48. The van der Waals surface area contributed by atoms with Gasteiger partial charge in [-0.25, -0.2) is 0 Å². The summed E-state index contributed by atoms with van der Waals surface area (Å²) < 4.78 is 0. The summed E-state index contributed by atoms with van der Waals surface area (Å²) in [5.41, 5.74) is 7.41. The van der Waals surface area contributed by atoms with E-state index in [1.54, 1.807) is 12.1 Å². The fourth-order valence-electron chi connectivity index (χ4n) is 5.50. The lowest BCUT2D eigenvalue weighted by molar-refractivity contribution is -0.136. The van der Waals surface area contributed by atoms with Crippen LogP contribution in [-0.4, -0.2) is 59.1 Å². The van der Waals surface area contributed by atoms with Gasteiger partial charge >= 0.3 is 0 Å². The maximum Gasteiger partial charge on any atom is 0.262 e. The molecule has 3 N–H and O–H groups in total. The van der Waals surface area contributed by atoms with Crippen LogP contribution in [0, 0.1) is 17.8 Å². The highest BCUT2D eigenvalue weighted by atomic mass is 16.2. The van der Waals surface area contributed by atoms with Crippen LogP contribution in [0.5, 0.6) is 0 Å². The molecule has 1 saturated carbocycles. The van der Waals surface area contributed by atoms with E-state index in [0.717, 1.165) is 30.1 Å². The second kappa shape index (κ2) is 6.74. The van der Waals surface area contributed by atoms with Gasteiger partial charge in [-0.1, -0.05) is 12.1 Å². The van der Waals surface area contributed by atoms with Crippen LogP contribution in [0.15, 0.2) is 18.2 Å². The molecule has 3 aliphatic heterocycles. The van der Waals surface area contributed by atoms with Gasteiger partial charge < -0.3 is 5.73 Å². The fraction of sp³-hybridized carbons (Fsp3) is 0.524. The minimum atomic E-state index is -0.930. The van der Waals surface area contributed by atoms with Crippen LogP contribution >= 0.6 is 0 Å². The standard InChI is InChI=1S/C21H24N4O4/c22-7-12-6-13-9-24(10-15(12)13)8-11-2-1-3-14-18(11)21(29)25(20(14)28)16-4-5-17(26)23-19(16)27/h1-3,12-13,15-16H,4-10,22H2,(H,23,26,27). The molecule has 1 aliphatic carbocycles. The van der Waals surface area contributed by atoms with E-state index in [-0.39, 0.29) is 18.7 Å². The maximum atomic E-state index is 13.2. The number of hydrogen-bond acceptors (Lipinski definition) is 6. The Balaban J connectivity index is 1.38. The molecule has 4 atom stereocenters. The first-order valence-corrected chi connectivity index (χ1v) is 10.2. The van der Waals surface area contributed by atoms with Crippen molar-refractivity contribution in [2.75, 3.05) is 19.6 Å². The van der Waals surface area contributed by atoms with Crippen LogP contribution in [0.1, 0.15) is 45.5 Å². The Morgan fingerprint density at radius 2 is 1.93 bits per heavy atom. The number of carbonyl (C=O) groups excluding carboxylic acids is 4. The maximum absolute atomic E-state index is 13.2. The van der Waals surface area contributed by atoms with Crippen LogP contribution in [0.3, 0.4) is 0 Å². The number of fused-ring (bicyclic) bond motifs is 2. The van der Waals surface area contributed by atoms with E-state index in [1.165, 1.54) is 6.42 Å². The number of nitrogens with zero attached hydrogens (tertiary/aromatic N) is 2. The molecule has 1 aromatic rings. The number of carbonyl (C=O) groups is 4. The Bertz CT molecular complexity index is 929. The zero-order valence-corrected chi connectivity index (χ0v) is 16.1. The number of nitrogens with one attached hydrogen (secondary N) is 1. The predicted molar refractivity (Wildman–Crippen MR) is 103 cm³/mol. The molecule has 152 valence electrons. The van der Waals surface area contributed by atoms with Crippen molar-refractivity contribution in [3.8, 4) is 0 Å². The van der Waals surface area contributed by atoms with Crippen molar-refractivity contribution < 1.29 is 19.2 Å². The molecule has 0 aromatic heterocycles. The van der Waals surface area contributed by atoms with Gasteiger partial charge in [0.15, 0.2) is 0 Å². The quantitative estimate of drug-likeness (QED) is 0.699. The molecule has 8 heteroatoms. The number of benzene rings is 1. The summed E-state index contributed by atoms with van der Waals surface area (Å²) in [6.07, 6.45) is 1.46. The van der Waals surface area contributed by atoms with Crippen LogP contribution in [-0.2, 0) is 16.1 Å². The fourth-order valence-corrected chi connectivity index (χ4v) is 5.50. The van der Waals surface area contributed by atoms with Gasteiger partial charge in [-0.15, -0.1) is 0 Å². The molecule has 5 rings (SSSR count). The van der Waals surface area contributed by atoms with Gasteiger partial charge in [0.2, 0.25) is 11.8 Å². The van der Waals surface area contributed by atoms with Crippen LogP contribution in [0.2, 0.25) is 0 Å². The third-order valence-corrected chi connectivity index (χ3v) is 7.03. The Hall–Kier alpha value is -2.58. The molecule has 4 aliphatic rings. The highest BCUT2D eigenvalue weighted by Crippen LogP contribution is 2.45. The normalized spacial score (nSPS) is 31.6. The molecule has 29 heavy (non-hydrogen) atoms. The molecule has 8 nitrogen and oxygen atoms in total. The Morgan fingerprint density at radius 1 is 1.10 bits per heavy atom. The van der Waals surface area contributed by atoms with Gasteiger partial charge in [-0.05, 0) is 48.8 Å². The van der Waals surface area contributed by atoms with E-state index in [0.29, 0.717) is 35.4 Å². The van der Waals surface area contributed by atoms with E-state index < -0.39 is 23.8 Å². The lowest BCUT2D eigenvalue weighted by Crippen LogP contribution is -2.54. The minimum Gasteiger partial charge on any atom is -0.330 e. The van der Waals surface area contributed by atoms with Crippen molar-refractivity contribution in [2.24, 2.45) is 23.5 Å². The summed E-state index contributed by atoms with van der Waals surface area (Å²) in [5.74, 6) is 0.0665. The van der Waals surface area contributed by atoms with Crippen molar-refractivity contribution in [3.63, 3.8) is 0 Å². The monoisotopic (exact) mass is 396 g/mol. The second-order valence-electron chi connectivity index (χ2n) is 8.64. The van der Waals surface area contributed by atoms with E-state index in [9.17, 15) is 19.2 Å². The van der Waals surface area contributed by atoms with E-state index in [1.807, 2.05) is 6.07 Å². The molecule has 4 amide bonds. The number of imide groups is 2. The van der Waals surface area contributed by atoms with Gasteiger partial charge in [0, 0.05) is 26.1 Å². The Labute approximate surface area is 168 Å². The molecular weight excluding hydrogens is 372 g/mol. The number of piperidine rings is 1. The first-order chi connectivity index (χ1) is 14.0. The third kappa shape index (κ3) is 2.81. The highest BCUT2D eigenvalue weighted by molar-refractivity contribution is 6.24. The first kappa shape index (κ1) is 18.4. The summed E-state index contributed by atoms with van der Waals surface area (Å²) in [7, 11) is 0. The van der Waals surface area contributed by atoms with E-state index in [4.69, 9.17) is 5.73 Å². The third-order valence-electron chi connectivity index (χ3n) is 7.03. The predicted octanol–water partition coefficient (Wildman–Crippen LogP) is 0.114. The lowest BCUT2D eigenvalue weighted by Gasteiger charge is -2.38. The van der Waals surface area contributed by atoms with E-state index in [2.05, 4.69) is 10.2 Å². The molecule has 2 saturated heterocycles. The smallest absolute Gasteiger partial charge is 0.262 e. The summed E-state index contributed by atoms with van der Waals surface area (Å²) in [5, 5.41) is 2.23. The van der Waals surface area contributed by atoms with Gasteiger partial charge in [-0.2, -0.15) is 0 Å². The minimum absolute atomic E-state index is 0.121. The number of likely N-dealkylation sites (tertiary alicyclic amines) is 1. The molecular formula is C21H24N4O4. The Kier molecular flexibility index (Phi) is 4.29. The summed E-state index contributed by atoms with van der Waals surface area (Å²) in [6.45, 7) is 3.29. The molecule has 3 heterocycles. The lowest BCUT2D eigenvalue weighted by atomic mass is 9.67. The number of hydrogen-bond donors (Lipinski definition) is 2. The zero-order valence-electron chi connectivity index (χ0n) is 16.1. The van der Waals surface area contributed by atoms with Crippen molar-refractivity contribution >= 4 is 23.6 Å². The van der Waals surface area contributed by atoms with Crippen molar-refractivity contribution in [1.82, 2.24) is 15.1 Å². The van der Waals surface area contributed by atoms with Gasteiger partial charge in [0.25, 0.3) is 11.8 Å². The molecule has 1 aromatic carbocycles. The van der Waals surface area contributed by atoms with E-state index >= 15 is 0 Å². The SMILES string of the molecule is NCC1CC2CN(Cc3cccc4c3C(=O)N(C3CCC(=O)NC3=O)C4=O)CC12. The molecule has 4 unspecified atom stereocenters. The van der Waals surface area contributed by atoms with Crippen molar-refractivity contribution in [1.29, 1.82) is 0 Å². The number of rotatable bonds is 4. The number of amides is 4. The summed E-state index contributed by atoms with van der Waals surface area (Å²) in [6, 6.07) is 4.39. The van der Waals surface area contributed by atoms with Crippen LogP contribution in [0.4, 0.5) is 0 Å². The van der Waals surface area contributed by atoms with Crippen LogP contribution in [0.25, 0.3) is 0 Å². The van der Waals surface area contributed by atoms with Gasteiger partial charge in [-0.3, -0.25) is 34.3 Å². The average molecular weight is 396 g/mol. The largest absolute Gasteiger partial charge is 0.330 e. The molecule has 0 spiro atoms. The Morgan fingerprint density at radius 3 is 2.69 bits per heavy atom. The van der Waals surface area contributed by atoms with Gasteiger partial charge in [0.1, 0.15) is 6.04 Å². The summed E-state index contributed by atoms with van der Waals surface area (Å²) in [4.78, 5) is 53.2. The zero-order chi connectivity index (χ0) is 20.3. The molecule has 0 radical (unpaired) electrons. The summed E-state index contributed by atoms with van der Waals surface area (Å²) >= 11 is 0. The van der Waals surface area contributed by atoms with Crippen molar-refractivity contribution in [3.05, 3.63) is 34.9 Å². The first-order valence-electron chi connectivity index (χ1n) is 10.2. The number of nitrogens with two attached hydrogens (primary N) is 1. The van der Waals surface area contributed by atoms with Gasteiger partial charge in [0.05, 0.1) is 11.1 Å². The van der Waals surface area contributed by atoms with Crippen LogP contribution < -0.4 is 11.1 Å². The average Bonchev–Trinajstić information content (AvgIpc) is 3.12. The van der Waals surface area contributed by atoms with Crippen molar-refractivity contribution in [2.45, 2.75) is 31.8 Å².